The molecule has 42 heavy (non-hydrogen) atoms. The van der Waals surface area contributed by atoms with Gasteiger partial charge in [-0.3, -0.25) is 14.2 Å². The summed E-state index contributed by atoms with van der Waals surface area (Å²) in [6.07, 6.45) is 0.760. The molecule has 0 radical (unpaired) electrons. The van der Waals surface area contributed by atoms with Gasteiger partial charge in [0.15, 0.2) is 0 Å². The Kier molecular flexibility index (Phi) is 10.2. The van der Waals surface area contributed by atoms with Crippen molar-refractivity contribution in [1.29, 1.82) is 0 Å². The van der Waals surface area contributed by atoms with Gasteiger partial charge in [0.05, 0.1) is 5.92 Å². The number of alkyl carbamates (subject to hydrolysis) is 1. The summed E-state index contributed by atoms with van der Waals surface area (Å²) < 4.78 is 18.6. The molecule has 0 saturated carbocycles. The number of carbonyl (C=O) groups excluding carboxylic acids is 3. The van der Waals surface area contributed by atoms with E-state index in [2.05, 4.69) is 15.6 Å². The van der Waals surface area contributed by atoms with Crippen LogP contribution in [0, 0.1) is 5.92 Å². The fourth-order valence-electron chi connectivity index (χ4n) is 4.68. The minimum Gasteiger partial charge on any atom is -0.445 e. The number of primary amides is 1. The lowest BCUT2D eigenvalue weighted by atomic mass is 9.98. The van der Waals surface area contributed by atoms with Gasteiger partial charge in [-0.25, -0.2) is 4.79 Å². The van der Waals surface area contributed by atoms with Crippen molar-refractivity contribution in [1.82, 2.24) is 15.6 Å². The Morgan fingerprint density at radius 3 is 2.19 bits per heavy atom. The number of nitrogens with two attached hydrogens (primary N) is 1. The van der Waals surface area contributed by atoms with Crippen molar-refractivity contribution >= 4 is 36.2 Å². The second-order valence-corrected chi connectivity index (χ2v) is 12.9. The first-order valence-corrected chi connectivity index (χ1v) is 15.5. The number of H-pyrrole nitrogens is 1. The van der Waals surface area contributed by atoms with Crippen LogP contribution in [0.2, 0.25) is 0 Å². The number of ether oxygens (including phenoxy) is 1. The third-order valence-electron chi connectivity index (χ3n) is 7.08. The van der Waals surface area contributed by atoms with Crippen molar-refractivity contribution < 1.29 is 28.6 Å². The first kappa shape index (κ1) is 30.6. The number of aromatic amines is 1. The fraction of sp³-hybridized carbons (Fsp3) is 0.258. The monoisotopic (exact) mass is 590 g/mol. The van der Waals surface area contributed by atoms with Gasteiger partial charge in [0, 0.05) is 29.7 Å². The van der Waals surface area contributed by atoms with Gasteiger partial charge in [0.25, 0.3) is 0 Å². The molecule has 3 unspecified atom stereocenters. The number of carbonyl (C=O) groups is 3. The lowest BCUT2D eigenvalue weighted by Gasteiger charge is -2.26. The van der Waals surface area contributed by atoms with Gasteiger partial charge in [-0.05, 0) is 36.1 Å². The average Bonchev–Trinajstić information content (AvgIpc) is 3.39. The lowest BCUT2D eigenvalue weighted by Crippen LogP contribution is -2.49. The number of hydrogen-bond donors (Lipinski definition) is 5. The van der Waals surface area contributed by atoms with Gasteiger partial charge in [-0.15, -0.1) is 0 Å². The molecule has 10 nitrogen and oxygen atoms in total. The third-order valence-corrected chi connectivity index (χ3v) is 9.38. The quantitative estimate of drug-likeness (QED) is 0.147. The second-order valence-electron chi connectivity index (χ2n) is 10.2. The first-order chi connectivity index (χ1) is 20.1. The van der Waals surface area contributed by atoms with Crippen molar-refractivity contribution in [3.05, 3.63) is 108 Å². The van der Waals surface area contributed by atoms with Crippen LogP contribution in [0.15, 0.2) is 91.1 Å². The molecule has 0 aliphatic carbocycles. The molecule has 0 saturated heterocycles. The van der Waals surface area contributed by atoms with E-state index in [1.165, 1.54) is 6.92 Å². The highest BCUT2D eigenvalue weighted by atomic mass is 31.2. The summed E-state index contributed by atoms with van der Waals surface area (Å²) in [6, 6.07) is 24.6. The molecule has 1 aromatic heterocycles. The first-order valence-electron chi connectivity index (χ1n) is 13.6. The Morgan fingerprint density at radius 2 is 1.52 bits per heavy atom. The number of hydrogen-bond acceptors (Lipinski definition) is 5. The maximum absolute atomic E-state index is 13.6. The van der Waals surface area contributed by atoms with E-state index in [1.807, 2.05) is 60.7 Å². The van der Waals surface area contributed by atoms with Crippen molar-refractivity contribution in [3.63, 3.8) is 0 Å². The third kappa shape index (κ3) is 8.31. The topological polar surface area (TPSA) is 164 Å². The van der Waals surface area contributed by atoms with Crippen LogP contribution in [0.25, 0.3) is 10.9 Å². The van der Waals surface area contributed by atoms with E-state index in [9.17, 15) is 23.8 Å². The molecular formula is C31H35N4O6P. The standard InChI is InChI=1S/C31H35N4O6P/c1-21(34-31(38)41-19-23-12-6-3-7-13-23)42(39,40)20-25(16-22-10-4-2-5-11-22)30(37)35-28(29(32)36)17-24-18-33-27-15-9-8-14-26(24)27/h2-15,18,21,25,28,33H,16-17,19-20H2,1H3,(H2,32,36)(H,34,38)(H,35,37)(H,39,40)/t21?,25?,28-/m0/s1. The molecular weight excluding hydrogens is 555 g/mol. The highest BCUT2D eigenvalue weighted by molar-refractivity contribution is 7.58. The smallest absolute Gasteiger partial charge is 0.408 e. The molecule has 0 fully saturated rings. The molecule has 3 amide bonds. The zero-order valence-corrected chi connectivity index (χ0v) is 24.1. The Morgan fingerprint density at radius 1 is 0.905 bits per heavy atom. The van der Waals surface area contributed by atoms with Crippen LogP contribution in [-0.4, -0.2) is 45.8 Å². The van der Waals surface area contributed by atoms with Gasteiger partial charge in [-0.2, -0.15) is 0 Å². The van der Waals surface area contributed by atoms with Gasteiger partial charge >= 0.3 is 6.09 Å². The van der Waals surface area contributed by atoms with E-state index in [1.54, 1.807) is 30.5 Å². The Bertz CT molecular complexity index is 1560. The van der Waals surface area contributed by atoms with Crippen LogP contribution in [0.1, 0.15) is 23.6 Å². The van der Waals surface area contributed by atoms with Crippen molar-refractivity contribution in [2.24, 2.45) is 11.7 Å². The molecule has 3 aromatic carbocycles. The van der Waals surface area contributed by atoms with Crippen LogP contribution >= 0.6 is 7.37 Å². The van der Waals surface area contributed by atoms with Gasteiger partial charge in [0.1, 0.15) is 18.4 Å². The molecule has 0 spiro atoms. The van der Waals surface area contributed by atoms with Crippen LogP contribution in [0.4, 0.5) is 4.79 Å². The highest BCUT2D eigenvalue weighted by Crippen LogP contribution is 2.47. The number of nitrogens with one attached hydrogen (secondary N) is 3. The van der Waals surface area contributed by atoms with Gasteiger partial charge in [0.2, 0.25) is 19.2 Å². The summed E-state index contributed by atoms with van der Waals surface area (Å²) in [5, 5.41) is 6.03. The minimum absolute atomic E-state index is 0.000896. The van der Waals surface area contributed by atoms with Crippen LogP contribution in [0.3, 0.4) is 0 Å². The van der Waals surface area contributed by atoms with Gasteiger partial charge < -0.3 is 31.0 Å². The normalized spacial score (nSPS) is 14.7. The zero-order valence-electron chi connectivity index (χ0n) is 23.2. The summed E-state index contributed by atoms with van der Waals surface area (Å²) in [7, 11) is -4.13. The maximum Gasteiger partial charge on any atom is 0.408 e. The summed E-state index contributed by atoms with van der Waals surface area (Å²) in [5.41, 5.74) is 8.89. The molecule has 11 heteroatoms. The summed E-state index contributed by atoms with van der Waals surface area (Å²) in [5.74, 6) is -3.49. The van der Waals surface area contributed by atoms with Crippen molar-refractivity contribution in [3.8, 4) is 0 Å². The molecule has 0 bridgehead atoms. The molecule has 4 atom stereocenters. The Balaban J connectivity index is 1.46. The van der Waals surface area contributed by atoms with E-state index < -0.39 is 49.2 Å². The Labute approximate surface area is 244 Å². The van der Waals surface area contributed by atoms with Crippen LogP contribution < -0.4 is 16.4 Å². The number of para-hydroxylation sites is 1. The SMILES string of the molecule is CC(NC(=O)OCc1ccccc1)P(=O)(O)CC(Cc1ccccc1)C(=O)N[C@@H](Cc1c[nH]c2ccccc12)C(N)=O. The minimum atomic E-state index is -4.13. The van der Waals surface area contributed by atoms with Crippen LogP contribution in [0.5, 0.6) is 0 Å². The number of aromatic nitrogens is 1. The zero-order chi connectivity index (χ0) is 30.1. The summed E-state index contributed by atoms with van der Waals surface area (Å²) >= 11 is 0. The number of fused-ring (bicyclic) bond motifs is 1. The van der Waals surface area contributed by atoms with E-state index in [4.69, 9.17) is 10.5 Å². The Hall–Kier alpha value is -4.40. The number of rotatable bonds is 13. The van der Waals surface area contributed by atoms with Gasteiger partial charge in [-0.1, -0.05) is 78.9 Å². The van der Waals surface area contributed by atoms with E-state index in [0.29, 0.717) is 0 Å². The van der Waals surface area contributed by atoms with Crippen molar-refractivity contribution in [2.75, 3.05) is 6.16 Å². The second kappa shape index (κ2) is 14.0. The predicted molar refractivity (Wildman–Crippen MR) is 161 cm³/mol. The van der Waals surface area contributed by atoms with Crippen LogP contribution in [-0.2, 0) is 38.3 Å². The highest BCUT2D eigenvalue weighted by Gasteiger charge is 2.36. The molecule has 1 heterocycles. The molecule has 4 rings (SSSR count). The summed E-state index contributed by atoms with van der Waals surface area (Å²) in [6.45, 7) is 1.39. The van der Waals surface area contributed by atoms with E-state index in [0.717, 1.165) is 27.6 Å². The van der Waals surface area contributed by atoms with E-state index >= 15 is 0 Å². The van der Waals surface area contributed by atoms with Crippen molar-refractivity contribution in [2.45, 2.75) is 38.2 Å². The predicted octanol–water partition coefficient (Wildman–Crippen LogP) is 4.08. The fourth-order valence-corrected chi connectivity index (χ4v) is 6.23. The largest absolute Gasteiger partial charge is 0.445 e. The molecule has 4 aromatic rings. The lowest BCUT2D eigenvalue weighted by molar-refractivity contribution is -0.129. The number of amides is 3. The maximum atomic E-state index is 13.6. The molecule has 220 valence electrons. The molecule has 0 aliphatic heterocycles. The molecule has 0 aliphatic rings. The van der Waals surface area contributed by atoms with E-state index in [-0.39, 0.29) is 19.4 Å². The number of benzene rings is 3. The summed E-state index contributed by atoms with van der Waals surface area (Å²) in [4.78, 5) is 52.4. The molecule has 6 N–H and O–H groups in total. The average molecular weight is 591 g/mol.